The minimum absolute atomic E-state index is 0.333. The number of nitrogens with one attached hydrogen (secondary N) is 2. The zero-order chi connectivity index (χ0) is 20.9. The van der Waals surface area contributed by atoms with Gasteiger partial charge in [-0.2, -0.15) is 0 Å². The first-order valence-corrected chi connectivity index (χ1v) is 9.50. The summed E-state index contributed by atoms with van der Waals surface area (Å²) in [6.07, 6.45) is -0.306. The van der Waals surface area contributed by atoms with Gasteiger partial charge < -0.3 is 15.4 Å². The Bertz CT molecular complexity index is 997. The van der Waals surface area contributed by atoms with Crippen LogP contribution in [0.5, 0.6) is 0 Å². The van der Waals surface area contributed by atoms with Gasteiger partial charge >= 0.3 is 6.09 Å². The number of anilines is 1. The standard InChI is InChI=1S/C23H25N3O3/c1-23(2,3)29-22(28)25-19(15-16-9-5-4-6-10-16)21(27)26-20-14-13-17-11-7-8-12-18(17)24-20/h4-14,19H,15H2,1-3H3,(H,25,28)(H,24,26,27). The van der Waals surface area contributed by atoms with Crippen molar-refractivity contribution in [3.63, 3.8) is 0 Å². The molecular weight excluding hydrogens is 366 g/mol. The predicted molar refractivity (Wildman–Crippen MR) is 114 cm³/mol. The van der Waals surface area contributed by atoms with Gasteiger partial charge in [-0.05, 0) is 44.5 Å². The number of carbonyl (C=O) groups excluding carboxylic acids is 2. The lowest BCUT2D eigenvalue weighted by molar-refractivity contribution is -0.118. The van der Waals surface area contributed by atoms with Crippen molar-refractivity contribution in [2.45, 2.75) is 38.8 Å². The monoisotopic (exact) mass is 391 g/mol. The lowest BCUT2D eigenvalue weighted by Gasteiger charge is -2.23. The normalized spacial score (nSPS) is 12.2. The number of hydrogen-bond acceptors (Lipinski definition) is 4. The van der Waals surface area contributed by atoms with E-state index in [0.29, 0.717) is 12.2 Å². The molecule has 1 atom stereocenters. The molecule has 2 N–H and O–H groups in total. The van der Waals surface area contributed by atoms with Crippen LogP contribution in [0.2, 0.25) is 0 Å². The van der Waals surface area contributed by atoms with Gasteiger partial charge in [-0.3, -0.25) is 4.79 Å². The number of para-hydroxylation sites is 1. The van der Waals surface area contributed by atoms with Crippen molar-refractivity contribution in [3.8, 4) is 0 Å². The molecule has 3 rings (SSSR count). The van der Waals surface area contributed by atoms with Gasteiger partial charge in [0.2, 0.25) is 5.91 Å². The van der Waals surface area contributed by atoms with Gasteiger partial charge in [-0.15, -0.1) is 0 Å². The number of nitrogens with zero attached hydrogens (tertiary/aromatic N) is 1. The minimum Gasteiger partial charge on any atom is -0.444 e. The highest BCUT2D eigenvalue weighted by Crippen LogP contribution is 2.15. The van der Waals surface area contributed by atoms with E-state index in [1.165, 1.54) is 0 Å². The third-order valence-electron chi connectivity index (χ3n) is 4.14. The van der Waals surface area contributed by atoms with E-state index in [1.807, 2.05) is 60.7 Å². The Morgan fingerprint density at radius 2 is 1.66 bits per heavy atom. The fourth-order valence-corrected chi connectivity index (χ4v) is 2.86. The van der Waals surface area contributed by atoms with Crippen molar-refractivity contribution in [1.29, 1.82) is 0 Å². The Kier molecular flexibility index (Phi) is 6.12. The molecule has 29 heavy (non-hydrogen) atoms. The number of benzene rings is 2. The summed E-state index contributed by atoms with van der Waals surface area (Å²) in [5.41, 5.74) is 1.05. The van der Waals surface area contributed by atoms with E-state index in [2.05, 4.69) is 15.6 Å². The topological polar surface area (TPSA) is 80.3 Å². The molecular formula is C23H25N3O3. The summed E-state index contributed by atoms with van der Waals surface area (Å²) in [4.78, 5) is 29.7. The fraction of sp³-hybridized carbons (Fsp3) is 0.261. The maximum absolute atomic E-state index is 12.9. The molecule has 1 unspecified atom stereocenters. The number of alkyl carbamates (subject to hydrolysis) is 1. The largest absolute Gasteiger partial charge is 0.444 e. The molecule has 2 aromatic carbocycles. The average molecular weight is 391 g/mol. The number of rotatable bonds is 5. The van der Waals surface area contributed by atoms with Crippen LogP contribution in [0.15, 0.2) is 66.7 Å². The highest BCUT2D eigenvalue weighted by Gasteiger charge is 2.25. The number of amides is 2. The quantitative estimate of drug-likeness (QED) is 0.679. The van der Waals surface area contributed by atoms with Crippen molar-refractivity contribution < 1.29 is 14.3 Å². The lowest BCUT2D eigenvalue weighted by Crippen LogP contribution is -2.47. The van der Waals surface area contributed by atoms with E-state index in [4.69, 9.17) is 4.74 Å². The van der Waals surface area contributed by atoms with Crippen molar-refractivity contribution in [2.75, 3.05) is 5.32 Å². The molecule has 1 heterocycles. The summed E-state index contributed by atoms with van der Waals surface area (Å²) in [6, 6.07) is 20.0. The van der Waals surface area contributed by atoms with Crippen molar-refractivity contribution in [2.24, 2.45) is 0 Å². The van der Waals surface area contributed by atoms with E-state index >= 15 is 0 Å². The molecule has 0 aliphatic carbocycles. The third-order valence-corrected chi connectivity index (χ3v) is 4.14. The van der Waals surface area contributed by atoms with Gasteiger partial charge in [0, 0.05) is 11.8 Å². The van der Waals surface area contributed by atoms with Crippen molar-refractivity contribution in [3.05, 3.63) is 72.3 Å². The Hall–Kier alpha value is -3.41. The summed E-state index contributed by atoms with van der Waals surface area (Å²) in [6.45, 7) is 5.33. The van der Waals surface area contributed by atoms with E-state index in [9.17, 15) is 9.59 Å². The van der Waals surface area contributed by atoms with E-state index in [-0.39, 0.29) is 5.91 Å². The molecule has 0 bridgehead atoms. The zero-order valence-electron chi connectivity index (χ0n) is 16.8. The maximum atomic E-state index is 12.9. The zero-order valence-corrected chi connectivity index (χ0v) is 16.8. The number of fused-ring (bicyclic) bond motifs is 1. The van der Waals surface area contributed by atoms with Crippen LogP contribution in [0.3, 0.4) is 0 Å². The summed E-state index contributed by atoms with van der Waals surface area (Å²) in [7, 11) is 0. The molecule has 6 heteroatoms. The Morgan fingerprint density at radius 3 is 2.38 bits per heavy atom. The van der Waals surface area contributed by atoms with Crippen LogP contribution in [0.25, 0.3) is 10.9 Å². The minimum atomic E-state index is -0.805. The lowest BCUT2D eigenvalue weighted by atomic mass is 10.1. The summed E-state index contributed by atoms with van der Waals surface area (Å²) in [5.74, 6) is 0.0697. The molecule has 2 amide bonds. The van der Waals surface area contributed by atoms with Crippen LogP contribution in [0.1, 0.15) is 26.3 Å². The molecule has 0 saturated heterocycles. The molecule has 0 fully saturated rings. The summed E-state index contributed by atoms with van der Waals surface area (Å²) < 4.78 is 5.32. The highest BCUT2D eigenvalue weighted by atomic mass is 16.6. The predicted octanol–water partition coefficient (Wildman–Crippen LogP) is 4.31. The maximum Gasteiger partial charge on any atom is 0.408 e. The van der Waals surface area contributed by atoms with Crippen LogP contribution in [-0.4, -0.2) is 28.6 Å². The highest BCUT2D eigenvalue weighted by molar-refractivity contribution is 5.97. The van der Waals surface area contributed by atoms with Gasteiger partial charge in [-0.1, -0.05) is 48.5 Å². The molecule has 3 aromatic rings. The number of ether oxygens (including phenoxy) is 1. The van der Waals surface area contributed by atoms with Gasteiger partial charge in [0.1, 0.15) is 17.5 Å². The van der Waals surface area contributed by atoms with Gasteiger partial charge in [0.15, 0.2) is 0 Å². The van der Waals surface area contributed by atoms with Crippen LogP contribution in [-0.2, 0) is 16.0 Å². The van der Waals surface area contributed by atoms with E-state index in [0.717, 1.165) is 16.5 Å². The van der Waals surface area contributed by atoms with Crippen LogP contribution >= 0.6 is 0 Å². The van der Waals surface area contributed by atoms with E-state index in [1.54, 1.807) is 26.8 Å². The molecule has 0 aliphatic heterocycles. The molecule has 0 radical (unpaired) electrons. The number of hydrogen-bond donors (Lipinski definition) is 2. The molecule has 6 nitrogen and oxygen atoms in total. The van der Waals surface area contributed by atoms with Crippen LogP contribution in [0.4, 0.5) is 10.6 Å². The molecule has 0 spiro atoms. The van der Waals surface area contributed by atoms with Gasteiger partial charge in [-0.25, -0.2) is 9.78 Å². The second kappa shape index (κ2) is 8.73. The number of carbonyl (C=O) groups is 2. The molecule has 0 aliphatic rings. The average Bonchev–Trinajstić information content (AvgIpc) is 2.66. The molecule has 0 saturated carbocycles. The van der Waals surface area contributed by atoms with Crippen molar-refractivity contribution >= 4 is 28.7 Å². The number of pyridine rings is 1. The van der Waals surface area contributed by atoms with Gasteiger partial charge in [0.05, 0.1) is 5.52 Å². The van der Waals surface area contributed by atoms with E-state index < -0.39 is 17.7 Å². The second-order valence-electron chi connectivity index (χ2n) is 7.77. The first-order valence-electron chi connectivity index (χ1n) is 9.50. The van der Waals surface area contributed by atoms with Gasteiger partial charge in [0.25, 0.3) is 0 Å². The van der Waals surface area contributed by atoms with Crippen LogP contribution < -0.4 is 10.6 Å². The second-order valence-corrected chi connectivity index (χ2v) is 7.77. The Balaban J connectivity index is 1.77. The van der Waals surface area contributed by atoms with Crippen molar-refractivity contribution in [1.82, 2.24) is 10.3 Å². The summed E-state index contributed by atoms with van der Waals surface area (Å²) >= 11 is 0. The smallest absolute Gasteiger partial charge is 0.408 e. The fourth-order valence-electron chi connectivity index (χ4n) is 2.86. The number of aromatic nitrogens is 1. The van der Waals surface area contributed by atoms with Crippen LogP contribution in [0, 0.1) is 0 Å². The SMILES string of the molecule is CC(C)(C)OC(=O)NC(Cc1ccccc1)C(=O)Nc1ccc2ccccc2n1. The Morgan fingerprint density at radius 1 is 0.966 bits per heavy atom. The first-order chi connectivity index (χ1) is 13.8. The third kappa shape index (κ3) is 6.04. The molecule has 1 aromatic heterocycles. The summed E-state index contributed by atoms with van der Waals surface area (Å²) in [5, 5.41) is 6.46. The Labute approximate surface area is 170 Å². The molecule has 150 valence electrons. The first kappa shape index (κ1) is 20.3.